The van der Waals surface area contributed by atoms with Gasteiger partial charge in [0.1, 0.15) is 5.75 Å². The van der Waals surface area contributed by atoms with E-state index in [9.17, 15) is 18.3 Å². The smallest absolute Gasteiger partial charge is 0.453 e. The molecule has 2 rings (SSSR count). The van der Waals surface area contributed by atoms with Crippen LogP contribution in [0.2, 0.25) is 0 Å². The summed E-state index contributed by atoms with van der Waals surface area (Å²) in [7, 11) is 0. The van der Waals surface area contributed by atoms with Crippen LogP contribution in [0.4, 0.5) is 13.2 Å². The molecule has 94 valence electrons. The molecular weight excluding hydrogens is 233 g/mol. The van der Waals surface area contributed by atoms with Crippen molar-refractivity contribution >= 4 is 0 Å². The molecule has 1 aromatic carbocycles. The average molecular weight is 246 g/mol. The number of aryl methyl sites for hydroxylation is 3. The number of benzene rings is 1. The molecule has 0 saturated heterocycles. The van der Waals surface area contributed by atoms with Gasteiger partial charge in [0, 0.05) is 6.42 Å². The van der Waals surface area contributed by atoms with E-state index in [-0.39, 0.29) is 12.2 Å². The molecule has 0 spiro atoms. The quantitative estimate of drug-likeness (QED) is 0.762. The standard InChI is InChI=1S/C12H13F3O2/c1-7-5-9-3-4-11(16,12(13,14)15)17-10(9)6-8(7)2/h5-6,16H,3-4H2,1-2H3. The third kappa shape index (κ3) is 1.99. The van der Waals surface area contributed by atoms with Crippen molar-refractivity contribution in [1.82, 2.24) is 0 Å². The zero-order valence-corrected chi connectivity index (χ0v) is 9.56. The highest BCUT2D eigenvalue weighted by Crippen LogP contribution is 2.41. The molecule has 0 aromatic heterocycles. The summed E-state index contributed by atoms with van der Waals surface area (Å²) >= 11 is 0. The summed E-state index contributed by atoms with van der Waals surface area (Å²) in [5.41, 5.74) is 2.56. The van der Waals surface area contributed by atoms with E-state index in [1.54, 1.807) is 19.1 Å². The highest BCUT2D eigenvalue weighted by atomic mass is 19.4. The van der Waals surface area contributed by atoms with Crippen molar-refractivity contribution in [2.45, 2.75) is 38.7 Å². The summed E-state index contributed by atoms with van der Waals surface area (Å²) < 4.78 is 42.6. The SMILES string of the molecule is Cc1cc2c(cc1C)OC(O)(C(F)(F)F)CC2. The minimum absolute atomic E-state index is 0.124. The topological polar surface area (TPSA) is 29.5 Å². The number of halogens is 3. The van der Waals surface area contributed by atoms with Crippen LogP contribution < -0.4 is 4.74 Å². The van der Waals surface area contributed by atoms with Crippen molar-refractivity contribution in [3.63, 3.8) is 0 Å². The highest BCUT2D eigenvalue weighted by molar-refractivity contribution is 5.43. The molecule has 17 heavy (non-hydrogen) atoms. The number of hydrogen-bond acceptors (Lipinski definition) is 2. The van der Waals surface area contributed by atoms with Gasteiger partial charge in [-0.1, -0.05) is 6.07 Å². The number of ether oxygens (including phenoxy) is 1. The molecule has 0 amide bonds. The van der Waals surface area contributed by atoms with Crippen molar-refractivity contribution in [2.75, 3.05) is 0 Å². The van der Waals surface area contributed by atoms with E-state index in [2.05, 4.69) is 0 Å². The lowest BCUT2D eigenvalue weighted by atomic mass is 9.96. The van der Waals surface area contributed by atoms with Crippen LogP contribution in [0.25, 0.3) is 0 Å². The van der Waals surface area contributed by atoms with E-state index >= 15 is 0 Å². The maximum Gasteiger partial charge on any atom is 0.455 e. The second-order valence-corrected chi connectivity index (χ2v) is 4.43. The van der Waals surface area contributed by atoms with Crippen LogP contribution in [0.15, 0.2) is 12.1 Å². The first kappa shape index (κ1) is 12.2. The molecule has 5 heteroatoms. The van der Waals surface area contributed by atoms with Gasteiger partial charge in [-0.2, -0.15) is 13.2 Å². The molecule has 1 aromatic rings. The summed E-state index contributed by atoms with van der Waals surface area (Å²) in [5, 5.41) is 9.47. The Hall–Kier alpha value is -1.23. The van der Waals surface area contributed by atoms with Crippen molar-refractivity contribution in [3.05, 3.63) is 28.8 Å². The highest BCUT2D eigenvalue weighted by Gasteiger charge is 2.57. The van der Waals surface area contributed by atoms with Gasteiger partial charge in [0.15, 0.2) is 0 Å². The molecule has 0 saturated carbocycles. The van der Waals surface area contributed by atoms with Crippen LogP contribution in [0.3, 0.4) is 0 Å². The van der Waals surface area contributed by atoms with Crippen LogP contribution in [0, 0.1) is 13.8 Å². The molecule has 1 N–H and O–H groups in total. The van der Waals surface area contributed by atoms with E-state index in [4.69, 9.17) is 4.74 Å². The number of rotatable bonds is 0. The molecule has 1 heterocycles. The zero-order valence-electron chi connectivity index (χ0n) is 9.56. The zero-order chi connectivity index (χ0) is 12.8. The average Bonchev–Trinajstić information content (AvgIpc) is 2.19. The number of alkyl halides is 3. The van der Waals surface area contributed by atoms with Gasteiger partial charge in [-0.25, -0.2) is 0 Å². The Morgan fingerprint density at radius 2 is 1.82 bits per heavy atom. The largest absolute Gasteiger partial charge is 0.455 e. The van der Waals surface area contributed by atoms with Gasteiger partial charge < -0.3 is 9.84 Å². The minimum Gasteiger partial charge on any atom is -0.453 e. The van der Waals surface area contributed by atoms with Crippen molar-refractivity contribution < 1.29 is 23.0 Å². The van der Waals surface area contributed by atoms with E-state index in [0.717, 1.165) is 11.1 Å². The summed E-state index contributed by atoms with van der Waals surface area (Å²) in [6.45, 7) is 3.68. The van der Waals surface area contributed by atoms with Gasteiger partial charge in [-0.3, -0.25) is 0 Å². The number of fused-ring (bicyclic) bond motifs is 1. The lowest BCUT2D eigenvalue weighted by molar-refractivity contribution is -0.340. The second kappa shape index (κ2) is 3.63. The Kier molecular flexibility index (Phi) is 2.61. The first-order valence-corrected chi connectivity index (χ1v) is 5.31. The summed E-state index contributed by atoms with van der Waals surface area (Å²) in [5.74, 6) is -2.93. The maximum absolute atomic E-state index is 12.6. The van der Waals surface area contributed by atoms with Gasteiger partial charge in [0.25, 0.3) is 0 Å². The first-order chi connectivity index (χ1) is 7.73. The van der Waals surface area contributed by atoms with Crippen LogP contribution in [0.5, 0.6) is 5.75 Å². The maximum atomic E-state index is 12.6. The lowest BCUT2D eigenvalue weighted by Gasteiger charge is -2.35. The Morgan fingerprint density at radius 1 is 1.24 bits per heavy atom. The van der Waals surface area contributed by atoms with E-state index in [1.165, 1.54) is 0 Å². The molecule has 1 aliphatic rings. The third-order valence-electron chi connectivity index (χ3n) is 3.13. The molecule has 2 nitrogen and oxygen atoms in total. The fourth-order valence-corrected chi connectivity index (χ4v) is 1.88. The molecular formula is C12H13F3O2. The Bertz CT molecular complexity index is 454. The van der Waals surface area contributed by atoms with Gasteiger partial charge in [-0.05, 0) is 43.0 Å². The monoisotopic (exact) mass is 246 g/mol. The molecule has 1 aliphatic heterocycles. The molecule has 0 aliphatic carbocycles. The summed E-state index contributed by atoms with van der Waals surface area (Å²) in [6, 6.07) is 3.35. The predicted molar refractivity (Wildman–Crippen MR) is 55.9 cm³/mol. The van der Waals surface area contributed by atoms with Crippen molar-refractivity contribution in [3.8, 4) is 5.75 Å². The van der Waals surface area contributed by atoms with Crippen molar-refractivity contribution in [2.24, 2.45) is 0 Å². The van der Waals surface area contributed by atoms with E-state index < -0.39 is 18.4 Å². The van der Waals surface area contributed by atoms with Crippen LogP contribution in [0.1, 0.15) is 23.1 Å². The van der Waals surface area contributed by atoms with Crippen LogP contribution >= 0.6 is 0 Å². The number of aliphatic hydroxyl groups is 1. The normalized spacial score (nSPS) is 24.1. The fraction of sp³-hybridized carbons (Fsp3) is 0.500. The summed E-state index contributed by atoms with van der Waals surface area (Å²) in [4.78, 5) is 0. The molecule has 1 unspecified atom stereocenters. The Labute approximate surface area is 97.0 Å². The predicted octanol–water partition coefficient (Wildman–Crippen LogP) is 2.88. The van der Waals surface area contributed by atoms with E-state index in [1.807, 2.05) is 6.92 Å². The molecule has 0 fully saturated rings. The lowest BCUT2D eigenvalue weighted by Crippen LogP contribution is -2.52. The number of hydrogen-bond donors (Lipinski definition) is 1. The van der Waals surface area contributed by atoms with Crippen LogP contribution in [-0.4, -0.2) is 17.1 Å². The second-order valence-electron chi connectivity index (χ2n) is 4.43. The van der Waals surface area contributed by atoms with Crippen LogP contribution in [-0.2, 0) is 6.42 Å². The Morgan fingerprint density at radius 3 is 2.41 bits per heavy atom. The minimum atomic E-state index is -4.77. The van der Waals surface area contributed by atoms with Gasteiger partial charge in [0.2, 0.25) is 0 Å². The Balaban J connectivity index is 2.40. The van der Waals surface area contributed by atoms with Gasteiger partial charge in [-0.15, -0.1) is 0 Å². The van der Waals surface area contributed by atoms with E-state index in [0.29, 0.717) is 5.56 Å². The molecule has 0 bridgehead atoms. The summed E-state index contributed by atoms with van der Waals surface area (Å²) in [6.07, 6.45) is -5.08. The first-order valence-electron chi connectivity index (χ1n) is 5.31. The fourth-order valence-electron chi connectivity index (χ4n) is 1.88. The van der Waals surface area contributed by atoms with Crippen molar-refractivity contribution in [1.29, 1.82) is 0 Å². The van der Waals surface area contributed by atoms with Gasteiger partial charge in [0.05, 0.1) is 0 Å². The molecule has 1 atom stereocenters. The molecule has 0 radical (unpaired) electrons. The third-order valence-corrected chi connectivity index (χ3v) is 3.13. The van der Waals surface area contributed by atoms with Gasteiger partial charge >= 0.3 is 12.0 Å².